The van der Waals surface area contributed by atoms with Crippen LogP contribution in [0.3, 0.4) is 0 Å². The van der Waals surface area contributed by atoms with E-state index in [1.807, 2.05) is 0 Å². The zero-order valence-corrected chi connectivity index (χ0v) is 12.3. The van der Waals surface area contributed by atoms with Gasteiger partial charge in [0, 0.05) is 11.1 Å². The number of nitrogens with zero attached hydrogens (tertiary/aromatic N) is 1. The van der Waals surface area contributed by atoms with E-state index >= 15 is 0 Å². The summed E-state index contributed by atoms with van der Waals surface area (Å²) < 4.78 is 0. The first-order valence-corrected chi connectivity index (χ1v) is 6.82. The second kappa shape index (κ2) is 4.72. The summed E-state index contributed by atoms with van der Waals surface area (Å²) >= 11 is 0. The fraction of sp³-hybridized carbons (Fsp3) is 0.471. The molecule has 0 aliphatic carbocycles. The Morgan fingerprint density at radius 3 is 2.17 bits per heavy atom. The molecule has 0 N–H and O–H groups in total. The normalized spacial score (nSPS) is 11.8. The highest BCUT2D eigenvalue weighted by atomic mass is 14.7. The van der Waals surface area contributed by atoms with Crippen molar-refractivity contribution in [2.75, 3.05) is 0 Å². The molecular formula is C17H23N. The third-order valence-electron chi connectivity index (χ3n) is 3.77. The van der Waals surface area contributed by atoms with E-state index in [4.69, 9.17) is 4.98 Å². The molecule has 1 nitrogen and oxygen atoms in total. The van der Waals surface area contributed by atoms with Crippen molar-refractivity contribution >= 4 is 10.9 Å². The van der Waals surface area contributed by atoms with Gasteiger partial charge in [0.05, 0.1) is 5.52 Å². The highest BCUT2D eigenvalue weighted by Crippen LogP contribution is 2.30. The fourth-order valence-corrected chi connectivity index (χ4v) is 2.35. The predicted molar refractivity (Wildman–Crippen MR) is 79.4 cm³/mol. The Morgan fingerprint density at radius 1 is 0.944 bits per heavy atom. The summed E-state index contributed by atoms with van der Waals surface area (Å²) in [5.74, 6) is 1.02. The second-order valence-corrected chi connectivity index (χ2v) is 5.85. The van der Waals surface area contributed by atoms with E-state index in [-0.39, 0.29) is 0 Å². The van der Waals surface area contributed by atoms with Crippen LogP contribution in [-0.2, 0) is 0 Å². The molecule has 0 atom stereocenters. The van der Waals surface area contributed by atoms with Crippen LogP contribution in [0.2, 0.25) is 0 Å². The van der Waals surface area contributed by atoms with Gasteiger partial charge in [-0.2, -0.15) is 0 Å². The molecule has 0 aliphatic heterocycles. The van der Waals surface area contributed by atoms with Crippen LogP contribution in [-0.4, -0.2) is 4.98 Å². The van der Waals surface area contributed by atoms with E-state index in [0.717, 1.165) is 0 Å². The largest absolute Gasteiger partial charge is 0.252 e. The maximum absolute atomic E-state index is 4.88. The van der Waals surface area contributed by atoms with Crippen molar-refractivity contribution in [3.63, 3.8) is 0 Å². The average Bonchev–Trinajstić information content (AvgIpc) is 2.32. The lowest BCUT2D eigenvalue weighted by molar-refractivity contribution is 0.810. The Morgan fingerprint density at radius 2 is 1.61 bits per heavy atom. The van der Waals surface area contributed by atoms with Crippen molar-refractivity contribution in [3.05, 3.63) is 40.6 Å². The number of aromatic nitrogens is 1. The fourth-order valence-electron chi connectivity index (χ4n) is 2.35. The maximum Gasteiger partial charge on any atom is 0.0740 e. The van der Waals surface area contributed by atoms with Gasteiger partial charge in [0.25, 0.3) is 0 Å². The van der Waals surface area contributed by atoms with Crippen LogP contribution >= 0.6 is 0 Å². The van der Waals surface area contributed by atoms with Crippen molar-refractivity contribution in [2.24, 2.45) is 0 Å². The van der Waals surface area contributed by atoms with Crippen molar-refractivity contribution in [1.82, 2.24) is 4.98 Å². The molecule has 0 spiro atoms. The van der Waals surface area contributed by atoms with Gasteiger partial charge in [-0.3, -0.25) is 4.98 Å². The van der Waals surface area contributed by atoms with Crippen molar-refractivity contribution < 1.29 is 0 Å². The van der Waals surface area contributed by atoms with Gasteiger partial charge in [0.1, 0.15) is 0 Å². The average molecular weight is 241 g/mol. The number of benzene rings is 1. The number of hydrogen-bond donors (Lipinski definition) is 0. The number of pyridine rings is 1. The third kappa shape index (κ3) is 2.14. The first-order valence-electron chi connectivity index (χ1n) is 6.82. The van der Waals surface area contributed by atoms with Crippen molar-refractivity contribution in [3.8, 4) is 0 Å². The zero-order valence-electron chi connectivity index (χ0n) is 12.3. The Bertz CT molecular complexity index is 580. The van der Waals surface area contributed by atoms with Crippen LogP contribution in [0, 0.1) is 13.8 Å². The molecule has 1 aromatic heterocycles. The highest BCUT2D eigenvalue weighted by Gasteiger charge is 2.13. The number of hydrogen-bond acceptors (Lipinski definition) is 1. The lowest BCUT2D eigenvalue weighted by atomic mass is 9.93. The Labute approximate surface area is 110 Å². The molecule has 96 valence electrons. The van der Waals surface area contributed by atoms with Gasteiger partial charge >= 0.3 is 0 Å². The summed E-state index contributed by atoms with van der Waals surface area (Å²) in [6, 6.07) is 6.72. The minimum absolute atomic E-state index is 0.479. The molecule has 1 heteroatoms. The molecule has 2 rings (SSSR count). The molecular weight excluding hydrogens is 218 g/mol. The van der Waals surface area contributed by atoms with Crippen molar-refractivity contribution in [1.29, 1.82) is 0 Å². The molecule has 0 saturated carbocycles. The molecule has 18 heavy (non-hydrogen) atoms. The SMILES string of the molecule is Cc1ccc2c(C(C)C)cc(C(C)C)nc2c1C. The summed E-state index contributed by atoms with van der Waals surface area (Å²) in [7, 11) is 0. The van der Waals surface area contributed by atoms with Crippen LogP contribution in [0.1, 0.15) is 61.9 Å². The summed E-state index contributed by atoms with van der Waals surface area (Å²) in [6.07, 6.45) is 0. The predicted octanol–water partition coefficient (Wildman–Crippen LogP) is 5.10. The molecule has 0 saturated heterocycles. The molecule has 2 aromatic rings. The van der Waals surface area contributed by atoms with E-state index in [1.165, 1.54) is 33.3 Å². The van der Waals surface area contributed by atoms with Crippen LogP contribution < -0.4 is 0 Å². The highest BCUT2D eigenvalue weighted by molar-refractivity contribution is 5.86. The molecule has 0 aliphatic rings. The maximum atomic E-state index is 4.88. The first kappa shape index (κ1) is 13.1. The van der Waals surface area contributed by atoms with E-state index in [9.17, 15) is 0 Å². The molecule has 0 bridgehead atoms. The van der Waals surface area contributed by atoms with Crippen LogP contribution in [0.5, 0.6) is 0 Å². The molecule has 0 fully saturated rings. The Kier molecular flexibility index (Phi) is 3.43. The molecule has 0 amide bonds. The molecule has 1 aromatic carbocycles. The standard InChI is InChI=1S/C17H23N/c1-10(2)15-9-16(11(3)4)18-17-13(6)12(5)7-8-14(15)17/h7-11H,1-6H3. The number of fused-ring (bicyclic) bond motifs is 1. The Balaban J connectivity index is 2.85. The van der Waals surface area contributed by atoms with Gasteiger partial charge < -0.3 is 0 Å². The minimum atomic E-state index is 0.479. The van der Waals surface area contributed by atoms with E-state index < -0.39 is 0 Å². The summed E-state index contributed by atoms with van der Waals surface area (Å²) in [4.78, 5) is 4.88. The monoisotopic (exact) mass is 241 g/mol. The summed E-state index contributed by atoms with van der Waals surface area (Å²) in [5, 5.41) is 1.32. The third-order valence-corrected chi connectivity index (χ3v) is 3.77. The number of rotatable bonds is 2. The van der Waals surface area contributed by atoms with Gasteiger partial charge in [-0.1, -0.05) is 39.8 Å². The topological polar surface area (TPSA) is 12.9 Å². The van der Waals surface area contributed by atoms with Gasteiger partial charge in [-0.15, -0.1) is 0 Å². The lowest BCUT2D eigenvalue weighted by Gasteiger charge is -2.16. The van der Waals surface area contributed by atoms with Crippen molar-refractivity contribution in [2.45, 2.75) is 53.4 Å². The van der Waals surface area contributed by atoms with Crippen LogP contribution in [0.15, 0.2) is 18.2 Å². The first-order chi connectivity index (χ1) is 8.41. The van der Waals surface area contributed by atoms with E-state index in [0.29, 0.717) is 11.8 Å². The summed E-state index contributed by atoms with van der Waals surface area (Å²) in [6.45, 7) is 13.3. The van der Waals surface area contributed by atoms with Crippen LogP contribution in [0.4, 0.5) is 0 Å². The Hall–Kier alpha value is -1.37. The zero-order chi connectivity index (χ0) is 13.4. The lowest BCUT2D eigenvalue weighted by Crippen LogP contribution is -2.01. The van der Waals surface area contributed by atoms with Gasteiger partial charge in [-0.25, -0.2) is 0 Å². The van der Waals surface area contributed by atoms with E-state index in [2.05, 4.69) is 59.7 Å². The molecule has 0 unspecified atom stereocenters. The van der Waals surface area contributed by atoms with Gasteiger partial charge in [0.2, 0.25) is 0 Å². The smallest absolute Gasteiger partial charge is 0.0740 e. The molecule has 1 heterocycles. The second-order valence-electron chi connectivity index (χ2n) is 5.85. The number of aryl methyl sites for hydroxylation is 2. The summed E-state index contributed by atoms with van der Waals surface area (Å²) in [5.41, 5.74) is 6.46. The minimum Gasteiger partial charge on any atom is -0.252 e. The molecule has 0 radical (unpaired) electrons. The van der Waals surface area contributed by atoms with Gasteiger partial charge in [-0.05, 0) is 48.4 Å². The van der Waals surface area contributed by atoms with E-state index in [1.54, 1.807) is 0 Å². The quantitative estimate of drug-likeness (QED) is 0.713. The van der Waals surface area contributed by atoms with Crippen LogP contribution in [0.25, 0.3) is 10.9 Å². The van der Waals surface area contributed by atoms with Gasteiger partial charge in [0.15, 0.2) is 0 Å².